The molecule has 0 radical (unpaired) electrons. The molecule has 0 saturated carbocycles. The van der Waals surface area contributed by atoms with Crippen molar-refractivity contribution in [2.24, 2.45) is 5.73 Å². The minimum Gasteiger partial charge on any atom is -0.382 e. The number of anilines is 1. The maximum atomic E-state index is 7.68. The first-order valence-corrected chi connectivity index (χ1v) is 7.37. The highest BCUT2D eigenvalue weighted by Crippen LogP contribution is 2.27. The van der Waals surface area contributed by atoms with Crippen LogP contribution in [0.1, 0.15) is 29.7 Å². The Labute approximate surface area is 125 Å². The zero-order valence-electron chi connectivity index (χ0n) is 12.0. The number of rotatable bonds is 3. The fourth-order valence-electron chi connectivity index (χ4n) is 2.95. The molecular weight excluding hydrogens is 260 g/mol. The highest BCUT2D eigenvalue weighted by molar-refractivity contribution is 5.94. The van der Waals surface area contributed by atoms with Crippen molar-refractivity contribution in [3.05, 3.63) is 59.4 Å². The van der Waals surface area contributed by atoms with Crippen molar-refractivity contribution in [2.45, 2.75) is 25.8 Å². The first-order valence-electron chi connectivity index (χ1n) is 7.37. The molecule has 0 unspecified atom stereocenters. The molecule has 3 rings (SSSR count). The normalized spacial score (nSPS) is 14.4. The SMILES string of the molecule is N=C(N)c1ncccc1CN1CCCCc2ccccc21. The molecule has 2 heterocycles. The summed E-state index contributed by atoms with van der Waals surface area (Å²) in [6, 6.07) is 12.5. The largest absolute Gasteiger partial charge is 0.382 e. The number of hydrogen-bond acceptors (Lipinski definition) is 3. The van der Waals surface area contributed by atoms with Gasteiger partial charge in [0, 0.05) is 30.5 Å². The summed E-state index contributed by atoms with van der Waals surface area (Å²) in [4.78, 5) is 6.63. The van der Waals surface area contributed by atoms with Crippen LogP contribution in [0.4, 0.5) is 5.69 Å². The van der Waals surface area contributed by atoms with Crippen molar-refractivity contribution in [3.63, 3.8) is 0 Å². The van der Waals surface area contributed by atoms with Crippen molar-refractivity contribution < 1.29 is 0 Å². The van der Waals surface area contributed by atoms with E-state index in [2.05, 4.69) is 34.1 Å². The van der Waals surface area contributed by atoms with E-state index in [-0.39, 0.29) is 5.84 Å². The van der Waals surface area contributed by atoms with Gasteiger partial charge in [-0.15, -0.1) is 0 Å². The smallest absolute Gasteiger partial charge is 0.142 e. The second-order valence-corrected chi connectivity index (χ2v) is 5.43. The minimum absolute atomic E-state index is 0.0358. The lowest BCUT2D eigenvalue weighted by Crippen LogP contribution is -2.26. The number of pyridine rings is 1. The van der Waals surface area contributed by atoms with E-state index >= 15 is 0 Å². The molecule has 0 bridgehead atoms. The summed E-state index contributed by atoms with van der Waals surface area (Å²) in [7, 11) is 0. The van der Waals surface area contributed by atoms with Gasteiger partial charge in [-0.3, -0.25) is 10.4 Å². The van der Waals surface area contributed by atoms with Gasteiger partial charge in [0.25, 0.3) is 0 Å². The van der Waals surface area contributed by atoms with Gasteiger partial charge in [-0.2, -0.15) is 0 Å². The maximum Gasteiger partial charge on any atom is 0.142 e. The van der Waals surface area contributed by atoms with Gasteiger partial charge in [0.15, 0.2) is 0 Å². The summed E-state index contributed by atoms with van der Waals surface area (Å²) >= 11 is 0. The molecule has 1 aromatic carbocycles. The molecule has 1 aromatic heterocycles. The molecule has 0 saturated heterocycles. The monoisotopic (exact) mass is 280 g/mol. The summed E-state index contributed by atoms with van der Waals surface area (Å²) < 4.78 is 0. The Kier molecular flexibility index (Phi) is 3.86. The number of aryl methyl sites for hydroxylation is 1. The molecule has 0 amide bonds. The van der Waals surface area contributed by atoms with Crippen molar-refractivity contribution in [2.75, 3.05) is 11.4 Å². The van der Waals surface area contributed by atoms with Crippen LogP contribution in [0.5, 0.6) is 0 Å². The Morgan fingerprint density at radius 3 is 2.90 bits per heavy atom. The van der Waals surface area contributed by atoms with Crippen molar-refractivity contribution in [1.29, 1.82) is 5.41 Å². The van der Waals surface area contributed by atoms with E-state index in [0.29, 0.717) is 5.69 Å². The predicted molar refractivity (Wildman–Crippen MR) is 85.7 cm³/mol. The van der Waals surface area contributed by atoms with Crippen LogP contribution in [-0.4, -0.2) is 17.4 Å². The van der Waals surface area contributed by atoms with Crippen LogP contribution in [0.2, 0.25) is 0 Å². The highest BCUT2D eigenvalue weighted by Gasteiger charge is 2.17. The molecule has 0 atom stereocenters. The average Bonchev–Trinajstić information content (AvgIpc) is 2.70. The van der Waals surface area contributed by atoms with Crippen LogP contribution >= 0.6 is 0 Å². The molecule has 1 aliphatic heterocycles. The summed E-state index contributed by atoms with van der Waals surface area (Å²) in [6.45, 7) is 1.78. The molecule has 1 aliphatic rings. The minimum atomic E-state index is 0.0358. The van der Waals surface area contributed by atoms with E-state index in [1.54, 1.807) is 6.20 Å². The van der Waals surface area contributed by atoms with E-state index in [1.807, 2.05) is 12.1 Å². The van der Waals surface area contributed by atoms with Crippen LogP contribution in [0, 0.1) is 5.41 Å². The second kappa shape index (κ2) is 5.95. The van der Waals surface area contributed by atoms with Crippen LogP contribution < -0.4 is 10.6 Å². The number of aromatic nitrogens is 1. The third-order valence-corrected chi connectivity index (χ3v) is 3.96. The first-order chi connectivity index (χ1) is 10.3. The van der Waals surface area contributed by atoms with Gasteiger partial charge in [0.05, 0.1) is 0 Å². The molecule has 2 aromatic rings. The zero-order chi connectivity index (χ0) is 14.7. The topological polar surface area (TPSA) is 66.0 Å². The number of fused-ring (bicyclic) bond motifs is 1. The Bertz CT molecular complexity index is 651. The van der Waals surface area contributed by atoms with Crippen LogP contribution in [0.3, 0.4) is 0 Å². The number of nitrogen functional groups attached to an aromatic ring is 1. The molecule has 0 spiro atoms. The third-order valence-electron chi connectivity index (χ3n) is 3.96. The lowest BCUT2D eigenvalue weighted by Gasteiger charge is -2.25. The van der Waals surface area contributed by atoms with Gasteiger partial charge >= 0.3 is 0 Å². The molecule has 3 N–H and O–H groups in total. The third kappa shape index (κ3) is 2.89. The molecule has 0 fully saturated rings. The van der Waals surface area contributed by atoms with Crippen LogP contribution in [-0.2, 0) is 13.0 Å². The number of nitrogens with two attached hydrogens (primary N) is 1. The summed E-state index contributed by atoms with van der Waals surface area (Å²) in [5, 5.41) is 7.68. The predicted octanol–water partition coefficient (Wildman–Crippen LogP) is 2.71. The van der Waals surface area contributed by atoms with E-state index < -0.39 is 0 Å². The number of nitrogens with zero attached hydrogens (tertiary/aromatic N) is 2. The van der Waals surface area contributed by atoms with E-state index in [4.69, 9.17) is 11.1 Å². The van der Waals surface area contributed by atoms with E-state index in [9.17, 15) is 0 Å². The van der Waals surface area contributed by atoms with Crippen molar-refractivity contribution in [1.82, 2.24) is 4.98 Å². The lowest BCUT2D eigenvalue weighted by molar-refractivity contribution is 0.713. The van der Waals surface area contributed by atoms with Crippen molar-refractivity contribution in [3.8, 4) is 0 Å². The summed E-state index contributed by atoms with van der Waals surface area (Å²) in [6.07, 6.45) is 5.24. The lowest BCUT2D eigenvalue weighted by atomic mass is 10.1. The van der Waals surface area contributed by atoms with Gasteiger partial charge in [-0.05, 0) is 37.0 Å². The maximum absolute atomic E-state index is 7.68. The van der Waals surface area contributed by atoms with Gasteiger partial charge in [0.2, 0.25) is 0 Å². The van der Waals surface area contributed by atoms with Gasteiger partial charge < -0.3 is 10.6 Å². The van der Waals surface area contributed by atoms with E-state index in [1.165, 1.54) is 24.1 Å². The fourth-order valence-corrected chi connectivity index (χ4v) is 2.95. The molecule has 0 aliphatic carbocycles. The number of nitrogens with one attached hydrogen (secondary N) is 1. The first kappa shape index (κ1) is 13.6. The van der Waals surface area contributed by atoms with E-state index in [0.717, 1.165) is 25.1 Å². The molecular formula is C17H20N4. The van der Waals surface area contributed by atoms with Gasteiger partial charge in [0.1, 0.15) is 11.5 Å². The number of hydrogen-bond donors (Lipinski definition) is 2. The Morgan fingerprint density at radius 1 is 1.19 bits per heavy atom. The molecule has 21 heavy (non-hydrogen) atoms. The number of amidine groups is 1. The summed E-state index contributed by atoms with van der Waals surface area (Å²) in [5.74, 6) is 0.0358. The quantitative estimate of drug-likeness (QED) is 0.671. The average molecular weight is 280 g/mol. The van der Waals surface area contributed by atoms with Gasteiger partial charge in [-0.25, -0.2) is 0 Å². The number of para-hydroxylation sites is 1. The molecule has 108 valence electrons. The second-order valence-electron chi connectivity index (χ2n) is 5.43. The molecule has 4 nitrogen and oxygen atoms in total. The van der Waals surface area contributed by atoms with Crippen LogP contribution in [0.15, 0.2) is 42.6 Å². The zero-order valence-corrected chi connectivity index (χ0v) is 12.0. The Balaban J connectivity index is 1.93. The number of benzene rings is 1. The molecule has 4 heteroatoms. The highest BCUT2D eigenvalue weighted by atomic mass is 15.1. The standard InChI is InChI=1S/C17H20N4/c18-17(19)16-14(8-5-10-20-16)12-21-11-4-3-7-13-6-1-2-9-15(13)21/h1-2,5-6,8-10H,3-4,7,11-12H2,(H3,18,19). The van der Waals surface area contributed by atoms with Crippen LogP contribution in [0.25, 0.3) is 0 Å². The van der Waals surface area contributed by atoms with Crippen molar-refractivity contribution >= 4 is 11.5 Å². The Morgan fingerprint density at radius 2 is 2.05 bits per heavy atom. The van der Waals surface area contributed by atoms with Gasteiger partial charge in [-0.1, -0.05) is 24.3 Å². The fraction of sp³-hybridized carbons (Fsp3) is 0.294. The Hall–Kier alpha value is -2.36. The summed E-state index contributed by atoms with van der Waals surface area (Å²) in [5.41, 5.74) is 9.96.